The highest BCUT2D eigenvalue weighted by Crippen LogP contribution is 2.28. The number of aldehydes is 1. The topological polar surface area (TPSA) is 54.4 Å². The predicted octanol–water partition coefficient (Wildman–Crippen LogP) is 3.07. The van der Waals surface area contributed by atoms with Crippen molar-refractivity contribution < 1.29 is 14.7 Å². The predicted molar refractivity (Wildman–Crippen MR) is 68.9 cm³/mol. The third kappa shape index (κ3) is 2.15. The monoisotopic (exact) mass is 240 g/mol. The van der Waals surface area contributed by atoms with Crippen molar-refractivity contribution in [1.29, 1.82) is 0 Å². The third-order valence-electron chi connectivity index (χ3n) is 2.77. The molecule has 0 aromatic heterocycles. The molecule has 0 bridgehead atoms. The minimum atomic E-state index is -0.210. The zero-order valence-corrected chi connectivity index (χ0v) is 9.88. The number of hydrogen-bond acceptors (Lipinski definition) is 3. The highest BCUT2D eigenvalue weighted by Gasteiger charge is 2.10. The lowest BCUT2D eigenvalue weighted by Gasteiger charge is -2.07. The largest absolute Gasteiger partial charge is 0.507 e. The molecule has 0 aliphatic carbocycles. The molecule has 2 rings (SSSR count). The average Bonchev–Trinajstić information content (AvgIpc) is 2.39. The third-order valence-corrected chi connectivity index (χ3v) is 2.77. The van der Waals surface area contributed by atoms with Gasteiger partial charge in [0, 0.05) is 5.56 Å². The Morgan fingerprint density at radius 3 is 2.56 bits per heavy atom. The number of Topliss-reactive ketones (excluding diaryl/α,β-unsaturated/α-hetero) is 1. The van der Waals surface area contributed by atoms with E-state index in [1.165, 1.54) is 13.0 Å². The van der Waals surface area contributed by atoms with Crippen molar-refractivity contribution in [3.63, 3.8) is 0 Å². The Kier molecular flexibility index (Phi) is 3.24. The summed E-state index contributed by atoms with van der Waals surface area (Å²) in [7, 11) is 0. The second kappa shape index (κ2) is 4.84. The van der Waals surface area contributed by atoms with Crippen molar-refractivity contribution in [2.45, 2.75) is 6.92 Å². The Hall–Kier alpha value is -2.42. The average molecular weight is 240 g/mol. The summed E-state index contributed by atoms with van der Waals surface area (Å²) < 4.78 is 0. The zero-order valence-electron chi connectivity index (χ0n) is 9.88. The van der Waals surface area contributed by atoms with E-state index in [-0.39, 0.29) is 17.1 Å². The van der Waals surface area contributed by atoms with E-state index >= 15 is 0 Å². The number of carbonyl (C=O) groups excluding carboxylic acids is 2. The quantitative estimate of drug-likeness (QED) is 0.662. The summed E-state index contributed by atoms with van der Waals surface area (Å²) in [5, 5.41) is 9.59. The smallest absolute Gasteiger partial charge is 0.163 e. The molecule has 0 radical (unpaired) electrons. The molecule has 0 amide bonds. The second-order valence-electron chi connectivity index (χ2n) is 3.99. The number of aromatic hydroxyl groups is 1. The SMILES string of the molecule is CC(=O)c1cc(-c2ccccc2C=O)ccc1O. The van der Waals surface area contributed by atoms with Gasteiger partial charge < -0.3 is 5.11 Å². The molecule has 0 aliphatic rings. The molecule has 0 heterocycles. The molecule has 0 atom stereocenters. The van der Waals surface area contributed by atoms with Gasteiger partial charge in [0.25, 0.3) is 0 Å². The Labute approximate surface area is 105 Å². The van der Waals surface area contributed by atoms with Gasteiger partial charge in [-0.05, 0) is 30.2 Å². The molecule has 3 heteroatoms. The van der Waals surface area contributed by atoms with Crippen LogP contribution in [0.1, 0.15) is 27.6 Å². The van der Waals surface area contributed by atoms with Crippen LogP contribution in [0, 0.1) is 0 Å². The maximum atomic E-state index is 11.4. The lowest BCUT2D eigenvalue weighted by Crippen LogP contribution is -1.94. The first-order valence-electron chi connectivity index (χ1n) is 5.52. The number of hydrogen-bond donors (Lipinski definition) is 1. The summed E-state index contributed by atoms with van der Waals surface area (Å²) in [6.45, 7) is 1.39. The van der Waals surface area contributed by atoms with Gasteiger partial charge in [0.1, 0.15) is 5.75 Å². The van der Waals surface area contributed by atoms with Gasteiger partial charge in [0.2, 0.25) is 0 Å². The Morgan fingerprint density at radius 1 is 1.17 bits per heavy atom. The van der Waals surface area contributed by atoms with Crippen molar-refractivity contribution in [3.8, 4) is 16.9 Å². The van der Waals surface area contributed by atoms with E-state index in [4.69, 9.17) is 0 Å². The molecule has 0 saturated carbocycles. The summed E-state index contributed by atoms with van der Waals surface area (Å²) in [6.07, 6.45) is 0.773. The zero-order chi connectivity index (χ0) is 13.1. The van der Waals surface area contributed by atoms with Crippen molar-refractivity contribution in [2.24, 2.45) is 0 Å². The Morgan fingerprint density at radius 2 is 1.89 bits per heavy atom. The fourth-order valence-corrected chi connectivity index (χ4v) is 1.85. The van der Waals surface area contributed by atoms with E-state index in [1.54, 1.807) is 30.3 Å². The normalized spacial score (nSPS) is 10.1. The van der Waals surface area contributed by atoms with Gasteiger partial charge in [0.05, 0.1) is 5.56 Å². The lowest BCUT2D eigenvalue weighted by atomic mass is 9.97. The minimum absolute atomic E-state index is 0.0464. The Balaban J connectivity index is 2.61. The summed E-state index contributed by atoms with van der Waals surface area (Å²) in [5.41, 5.74) is 2.29. The Bertz CT molecular complexity index is 615. The van der Waals surface area contributed by atoms with Crippen molar-refractivity contribution in [2.75, 3.05) is 0 Å². The van der Waals surface area contributed by atoms with E-state index in [0.29, 0.717) is 5.56 Å². The number of phenols is 1. The number of ketones is 1. The fourth-order valence-electron chi connectivity index (χ4n) is 1.85. The van der Waals surface area contributed by atoms with E-state index in [1.807, 2.05) is 6.07 Å². The summed E-state index contributed by atoms with van der Waals surface area (Å²) >= 11 is 0. The van der Waals surface area contributed by atoms with Gasteiger partial charge in [-0.1, -0.05) is 30.3 Å². The van der Waals surface area contributed by atoms with Crippen LogP contribution in [0.25, 0.3) is 11.1 Å². The van der Waals surface area contributed by atoms with Crippen LogP contribution in [0.2, 0.25) is 0 Å². The van der Waals surface area contributed by atoms with Crippen LogP contribution in [0.15, 0.2) is 42.5 Å². The highest BCUT2D eigenvalue weighted by molar-refractivity contribution is 5.98. The summed E-state index contributed by atoms with van der Waals surface area (Å²) in [6, 6.07) is 11.9. The molecule has 2 aromatic carbocycles. The number of phenolic OH excluding ortho intramolecular Hbond substituents is 1. The maximum absolute atomic E-state index is 11.4. The van der Waals surface area contributed by atoms with Crippen molar-refractivity contribution in [3.05, 3.63) is 53.6 Å². The minimum Gasteiger partial charge on any atom is -0.507 e. The molecule has 1 N–H and O–H groups in total. The molecule has 3 nitrogen and oxygen atoms in total. The van der Waals surface area contributed by atoms with Crippen LogP contribution < -0.4 is 0 Å². The summed E-state index contributed by atoms with van der Waals surface area (Å²) in [5.74, 6) is -0.257. The van der Waals surface area contributed by atoms with E-state index in [0.717, 1.165) is 17.4 Å². The van der Waals surface area contributed by atoms with Crippen LogP contribution in [-0.2, 0) is 0 Å². The fraction of sp³-hybridized carbons (Fsp3) is 0.0667. The van der Waals surface area contributed by atoms with E-state index < -0.39 is 0 Å². The molecule has 90 valence electrons. The number of rotatable bonds is 3. The molecule has 2 aromatic rings. The van der Waals surface area contributed by atoms with Crippen molar-refractivity contribution in [1.82, 2.24) is 0 Å². The molecule has 0 aliphatic heterocycles. The van der Waals surface area contributed by atoms with Crippen LogP contribution in [0.5, 0.6) is 5.75 Å². The van der Waals surface area contributed by atoms with E-state index in [2.05, 4.69) is 0 Å². The van der Waals surface area contributed by atoms with Crippen LogP contribution in [0.4, 0.5) is 0 Å². The maximum Gasteiger partial charge on any atom is 0.163 e. The first-order valence-corrected chi connectivity index (χ1v) is 5.52. The molecular weight excluding hydrogens is 228 g/mol. The standard InChI is InChI=1S/C15H12O3/c1-10(17)14-8-11(6-7-15(14)18)13-5-3-2-4-12(13)9-16/h2-9,18H,1H3. The van der Waals surface area contributed by atoms with Gasteiger partial charge in [0.15, 0.2) is 12.1 Å². The molecule has 0 spiro atoms. The molecular formula is C15H12O3. The van der Waals surface area contributed by atoms with Crippen molar-refractivity contribution >= 4 is 12.1 Å². The summed E-state index contributed by atoms with van der Waals surface area (Å²) in [4.78, 5) is 22.3. The molecule has 0 saturated heterocycles. The first-order chi connectivity index (χ1) is 8.63. The molecule has 0 fully saturated rings. The van der Waals surface area contributed by atoms with Crippen LogP contribution >= 0.6 is 0 Å². The van der Waals surface area contributed by atoms with Gasteiger partial charge in [-0.25, -0.2) is 0 Å². The van der Waals surface area contributed by atoms with Gasteiger partial charge in [-0.3, -0.25) is 9.59 Å². The number of carbonyl (C=O) groups is 2. The second-order valence-corrected chi connectivity index (χ2v) is 3.99. The van der Waals surface area contributed by atoms with Crippen LogP contribution in [-0.4, -0.2) is 17.2 Å². The lowest BCUT2D eigenvalue weighted by molar-refractivity contribution is 0.101. The van der Waals surface area contributed by atoms with Gasteiger partial charge in [-0.2, -0.15) is 0 Å². The van der Waals surface area contributed by atoms with Gasteiger partial charge in [-0.15, -0.1) is 0 Å². The highest BCUT2D eigenvalue weighted by atomic mass is 16.3. The van der Waals surface area contributed by atoms with Gasteiger partial charge >= 0.3 is 0 Å². The first kappa shape index (κ1) is 12.0. The van der Waals surface area contributed by atoms with E-state index in [9.17, 15) is 14.7 Å². The van der Waals surface area contributed by atoms with Crippen LogP contribution in [0.3, 0.4) is 0 Å². The molecule has 0 unspecified atom stereocenters. The molecule has 18 heavy (non-hydrogen) atoms. The number of benzene rings is 2.